The fraction of sp³-hybridized carbons (Fsp3) is 0.300. The van der Waals surface area contributed by atoms with Crippen LogP contribution in [0.25, 0.3) is 16.7 Å². The van der Waals surface area contributed by atoms with Crippen molar-refractivity contribution in [2.24, 2.45) is 0 Å². The van der Waals surface area contributed by atoms with E-state index in [-0.39, 0.29) is 48.9 Å². The van der Waals surface area contributed by atoms with E-state index in [1.165, 1.54) is 9.96 Å². The Morgan fingerprint density at radius 3 is 2.53 bits per heavy atom. The summed E-state index contributed by atoms with van der Waals surface area (Å²) in [6.07, 6.45) is 3.75. The molecule has 55 heavy (non-hydrogen) atoms. The number of urea groups is 1. The summed E-state index contributed by atoms with van der Waals surface area (Å²) in [6.45, 7) is 8.27. The van der Waals surface area contributed by atoms with Gasteiger partial charge in [-0.3, -0.25) is 39.1 Å². The number of aromatic amines is 1. The number of unbranched alkanes of at least 4 members (excludes halogenated alkanes) is 1. The number of piperidine rings is 1. The van der Waals surface area contributed by atoms with Gasteiger partial charge in [-0.25, -0.2) is 9.78 Å². The van der Waals surface area contributed by atoms with Crippen molar-refractivity contribution >= 4 is 57.9 Å². The lowest BCUT2D eigenvalue weighted by atomic mass is 9.92. The second kappa shape index (κ2) is 14.7. The van der Waals surface area contributed by atoms with Crippen molar-refractivity contribution in [1.82, 2.24) is 29.5 Å². The van der Waals surface area contributed by atoms with E-state index in [1.807, 2.05) is 50.5 Å². The van der Waals surface area contributed by atoms with Crippen LogP contribution in [0.4, 0.5) is 22.0 Å². The summed E-state index contributed by atoms with van der Waals surface area (Å²) >= 11 is 0. The predicted octanol–water partition coefficient (Wildman–Crippen LogP) is 6.47. The summed E-state index contributed by atoms with van der Waals surface area (Å²) in [4.78, 5) is 77.5. The molecule has 4 heterocycles. The van der Waals surface area contributed by atoms with Crippen molar-refractivity contribution in [2.75, 3.05) is 15.7 Å². The molecule has 2 aromatic heterocycles. The van der Waals surface area contributed by atoms with Gasteiger partial charge >= 0.3 is 6.03 Å². The monoisotopic (exact) mass is 744 g/mol. The number of nitrogens with one attached hydrogen (secondary N) is 3. The topological polar surface area (TPSA) is 175 Å². The number of anilines is 3. The number of rotatable bonds is 10. The molecule has 0 spiro atoms. The average molecular weight is 745 g/mol. The van der Waals surface area contributed by atoms with Gasteiger partial charge in [-0.05, 0) is 73.0 Å². The van der Waals surface area contributed by atoms with Crippen LogP contribution >= 0.6 is 0 Å². The molecule has 283 valence electrons. The van der Waals surface area contributed by atoms with Gasteiger partial charge in [-0.15, -0.1) is 5.06 Å². The highest BCUT2D eigenvalue weighted by Gasteiger charge is 2.41. The quantitative estimate of drug-likeness (QED) is 0.108. The number of hydrogen-bond donors (Lipinski definition) is 3. The Morgan fingerprint density at radius 2 is 1.80 bits per heavy atom. The molecule has 3 aromatic carbocycles. The van der Waals surface area contributed by atoms with Gasteiger partial charge in [0.2, 0.25) is 5.91 Å². The van der Waals surface area contributed by atoms with Crippen molar-refractivity contribution in [1.29, 1.82) is 0 Å². The Morgan fingerprint density at radius 1 is 1.02 bits per heavy atom. The van der Waals surface area contributed by atoms with Crippen molar-refractivity contribution in [3.05, 3.63) is 96.9 Å². The number of nitrogens with zero attached hydrogens (tertiary/aromatic N) is 6. The predicted molar refractivity (Wildman–Crippen MR) is 205 cm³/mol. The maximum absolute atomic E-state index is 13.5. The van der Waals surface area contributed by atoms with E-state index in [0.29, 0.717) is 46.0 Å². The summed E-state index contributed by atoms with van der Waals surface area (Å²) < 4.78 is 1.90. The number of imidazole rings is 1. The van der Waals surface area contributed by atoms with Crippen molar-refractivity contribution in [3.63, 3.8) is 0 Å². The number of carbonyl (C=O) groups is 5. The maximum atomic E-state index is 13.5. The molecule has 1 unspecified atom stereocenters. The minimum Gasteiger partial charge on any atom is -0.372 e. The molecule has 1 fully saturated rings. The molecule has 0 aliphatic carbocycles. The zero-order valence-electron chi connectivity index (χ0n) is 31.1. The minimum absolute atomic E-state index is 0.123. The summed E-state index contributed by atoms with van der Waals surface area (Å²) in [6, 6.07) is 18.3. The van der Waals surface area contributed by atoms with Crippen LogP contribution in [0.3, 0.4) is 0 Å². The molecule has 1 atom stereocenters. The highest BCUT2D eigenvalue weighted by Crippen LogP contribution is 2.33. The van der Waals surface area contributed by atoms with E-state index in [1.54, 1.807) is 54.9 Å². The van der Waals surface area contributed by atoms with Gasteiger partial charge in [0.15, 0.2) is 5.75 Å². The van der Waals surface area contributed by atoms with Crippen LogP contribution < -0.4 is 20.5 Å². The molecule has 0 saturated carbocycles. The fourth-order valence-electron chi connectivity index (χ4n) is 6.62. The lowest BCUT2D eigenvalue weighted by molar-refractivity contribution is -0.149. The number of likely N-dealkylation sites (tertiary alicyclic amines) is 1. The first-order valence-corrected chi connectivity index (χ1v) is 18.1. The normalized spacial score (nSPS) is 15.7. The van der Waals surface area contributed by atoms with Crippen LogP contribution in [-0.2, 0) is 26.3 Å². The standard InChI is InChI=1S/C40H42N9O6/c1-6-7-8-36(51)49(27-13-15-29-24(19-27)22-47(37(29)52)32-17-18-35(50)46(5)38(32)53)55-28-14-16-31-30(20-28)41-23-48(31)26-11-9-25(10-12-26)42-39(54)43-34-21-33(44-45-34)40(2,3)4/h9-16,19-21,23,32H,5-8,17-18,22H2,1-4H3,(H3,42,43,44,45,54). The third kappa shape index (κ3) is 7.50. The minimum atomic E-state index is -0.792. The Kier molecular flexibility index (Phi) is 9.86. The van der Waals surface area contributed by atoms with E-state index in [0.717, 1.165) is 28.2 Å². The summed E-state index contributed by atoms with van der Waals surface area (Å²) in [5.41, 5.74) is 5.01. The third-order valence-electron chi connectivity index (χ3n) is 9.70. The first kappa shape index (κ1) is 36.8. The van der Waals surface area contributed by atoms with Gasteiger partial charge in [0, 0.05) is 60.9 Å². The zero-order chi connectivity index (χ0) is 39.0. The first-order valence-electron chi connectivity index (χ1n) is 18.1. The molecule has 5 aromatic rings. The van der Waals surface area contributed by atoms with E-state index in [9.17, 15) is 24.0 Å². The van der Waals surface area contributed by atoms with Crippen molar-refractivity contribution in [2.45, 2.75) is 77.8 Å². The SMILES string of the molecule is [CH2]N1C(=O)CCC(N2Cc3cc(N(Oc4ccc5c(c4)ncn5-c4ccc(NC(=O)Nc5cc(C(C)(C)C)n[nH]5)cc4)C(=O)CCCC)ccc3C2=O)C1=O. The Hall–Kier alpha value is -6.51. The van der Waals surface area contributed by atoms with E-state index < -0.39 is 18.0 Å². The number of imide groups is 1. The molecule has 2 aliphatic heterocycles. The Bertz CT molecular complexity index is 2310. The zero-order valence-corrected chi connectivity index (χ0v) is 31.1. The molecule has 0 bridgehead atoms. The molecular weight excluding hydrogens is 702 g/mol. The van der Waals surface area contributed by atoms with E-state index in [2.05, 4.69) is 32.9 Å². The molecule has 1 saturated heterocycles. The number of aromatic nitrogens is 4. The van der Waals surface area contributed by atoms with Gasteiger partial charge in [0.25, 0.3) is 17.7 Å². The van der Waals surface area contributed by atoms with Crippen LogP contribution in [0.15, 0.2) is 73.1 Å². The third-order valence-corrected chi connectivity index (χ3v) is 9.70. The molecule has 6 amide bonds. The summed E-state index contributed by atoms with van der Waals surface area (Å²) in [5, 5.41) is 13.9. The second-order valence-electron chi connectivity index (χ2n) is 14.7. The highest BCUT2D eigenvalue weighted by molar-refractivity contribution is 6.06. The smallest absolute Gasteiger partial charge is 0.324 e. The lowest BCUT2D eigenvalue weighted by Crippen LogP contribution is -2.52. The first-order chi connectivity index (χ1) is 26.3. The maximum Gasteiger partial charge on any atom is 0.324 e. The van der Waals surface area contributed by atoms with Gasteiger partial charge in [-0.1, -0.05) is 34.1 Å². The molecule has 15 heteroatoms. The second-order valence-corrected chi connectivity index (χ2v) is 14.7. The summed E-state index contributed by atoms with van der Waals surface area (Å²) in [7, 11) is 3.55. The number of benzene rings is 3. The molecule has 7 rings (SSSR count). The van der Waals surface area contributed by atoms with E-state index >= 15 is 0 Å². The van der Waals surface area contributed by atoms with Crippen LogP contribution in [0.5, 0.6) is 5.75 Å². The Labute approximate surface area is 317 Å². The molecule has 15 nitrogen and oxygen atoms in total. The molecular formula is C40H42N9O6. The Balaban J connectivity index is 1.06. The van der Waals surface area contributed by atoms with Gasteiger partial charge < -0.3 is 15.1 Å². The summed E-state index contributed by atoms with van der Waals surface area (Å²) in [5.74, 6) is -0.580. The van der Waals surface area contributed by atoms with Gasteiger partial charge in [0.05, 0.1) is 22.4 Å². The molecule has 3 N–H and O–H groups in total. The van der Waals surface area contributed by atoms with Crippen LogP contribution in [0.2, 0.25) is 0 Å². The number of hydrogen-bond acceptors (Lipinski definition) is 8. The van der Waals surface area contributed by atoms with Crippen molar-refractivity contribution < 1.29 is 28.8 Å². The van der Waals surface area contributed by atoms with Gasteiger partial charge in [0.1, 0.15) is 18.2 Å². The molecule has 2 aliphatic rings. The van der Waals surface area contributed by atoms with Crippen molar-refractivity contribution in [3.8, 4) is 11.4 Å². The number of H-pyrrole nitrogens is 1. The lowest BCUT2D eigenvalue weighted by Gasteiger charge is -2.33. The highest BCUT2D eigenvalue weighted by atomic mass is 16.7. The number of fused-ring (bicyclic) bond motifs is 2. The van der Waals surface area contributed by atoms with Crippen LogP contribution in [0.1, 0.15) is 81.4 Å². The number of hydroxylamine groups is 1. The largest absolute Gasteiger partial charge is 0.372 e. The number of carbonyl (C=O) groups excluding carboxylic acids is 5. The number of amides is 6. The fourth-order valence-corrected chi connectivity index (χ4v) is 6.62. The average Bonchev–Trinajstić information content (AvgIpc) is 3.89. The van der Waals surface area contributed by atoms with E-state index in [4.69, 9.17) is 4.84 Å². The van der Waals surface area contributed by atoms with Crippen LogP contribution in [0, 0.1) is 7.05 Å². The molecule has 1 radical (unpaired) electrons. The van der Waals surface area contributed by atoms with Gasteiger partial charge in [-0.2, -0.15) is 5.10 Å². The van der Waals surface area contributed by atoms with Crippen LogP contribution in [-0.4, -0.2) is 65.2 Å².